The molecule has 0 amide bonds. The van der Waals surface area contributed by atoms with E-state index in [0.29, 0.717) is 12.0 Å². The summed E-state index contributed by atoms with van der Waals surface area (Å²) in [5.74, 6) is 2.48. The lowest BCUT2D eigenvalue weighted by molar-refractivity contribution is 0.0871. The van der Waals surface area contributed by atoms with Crippen molar-refractivity contribution < 1.29 is 4.74 Å². The van der Waals surface area contributed by atoms with E-state index in [1.165, 1.54) is 0 Å². The van der Waals surface area contributed by atoms with E-state index in [0.717, 1.165) is 73.5 Å². The van der Waals surface area contributed by atoms with Crippen LogP contribution in [0.5, 0.6) is 0 Å². The van der Waals surface area contributed by atoms with Crippen LogP contribution in [0.4, 0.5) is 23.1 Å². The van der Waals surface area contributed by atoms with Crippen LogP contribution in [0.2, 0.25) is 0 Å². The van der Waals surface area contributed by atoms with Crippen molar-refractivity contribution >= 4 is 34.7 Å². The van der Waals surface area contributed by atoms with Gasteiger partial charge in [-0.25, -0.2) is 14.5 Å². The van der Waals surface area contributed by atoms with Crippen LogP contribution in [0, 0.1) is 6.92 Å². The van der Waals surface area contributed by atoms with E-state index in [9.17, 15) is 0 Å². The number of pyridine rings is 1. The normalized spacial score (nSPS) is 18.9. The number of nitrogens with zero attached hydrogens (tertiary/aromatic N) is 8. The van der Waals surface area contributed by atoms with Crippen molar-refractivity contribution in [1.82, 2.24) is 24.6 Å². The summed E-state index contributed by atoms with van der Waals surface area (Å²) in [4.78, 5) is 22.9. The Morgan fingerprint density at radius 1 is 1.21 bits per heavy atom. The molecule has 0 bridgehead atoms. The molecule has 29 heavy (non-hydrogen) atoms. The highest BCUT2D eigenvalue weighted by Gasteiger charge is 2.41. The Labute approximate surface area is 167 Å². The molecule has 3 aromatic rings. The third-order valence-corrected chi connectivity index (χ3v) is 5.73. The van der Waals surface area contributed by atoms with Gasteiger partial charge < -0.3 is 15.0 Å². The zero-order valence-electron chi connectivity index (χ0n) is 16.1. The van der Waals surface area contributed by atoms with E-state index >= 15 is 0 Å². The summed E-state index contributed by atoms with van der Waals surface area (Å²) >= 11 is 0. The van der Waals surface area contributed by atoms with E-state index in [4.69, 9.17) is 14.7 Å². The third kappa shape index (κ3) is 2.63. The van der Waals surface area contributed by atoms with Gasteiger partial charge in [0, 0.05) is 25.8 Å². The monoisotopic (exact) mass is 391 g/mol. The lowest BCUT2D eigenvalue weighted by atomic mass is 10.1. The van der Waals surface area contributed by atoms with Crippen LogP contribution in [-0.4, -0.2) is 62.9 Å². The van der Waals surface area contributed by atoms with Crippen molar-refractivity contribution in [2.24, 2.45) is 4.99 Å². The molecule has 3 aliphatic rings. The van der Waals surface area contributed by atoms with Crippen molar-refractivity contribution in [3.63, 3.8) is 0 Å². The Hall–Kier alpha value is -3.27. The molecule has 1 fully saturated rings. The predicted molar refractivity (Wildman–Crippen MR) is 109 cm³/mol. The van der Waals surface area contributed by atoms with Crippen LogP contribution in [-0.2, 0) is 4.74 Å². The van der Waals surface area contributed by atoms with E-state index in [-0.39, 0.29) is 0 Å². The first-order valence-electron chi connectivity index (χ1n) is 9.91. The van der Waals surface area contributed by atoms with E-state index in [1.54, 1.807) is 10.8 Å². The van der Waals surface area contributed by atoms with Crippen LogP contribution >= 0.6 is 0 Å². The first kappa shape index (κ1) is 16.7. The number of hydrogen-bond acceptors (Lipinski definition) is 9. The van der Waals surface area contributed by atoms with Gasteiger partial charge in [-0.15, -0.1) is 0 Å². The minimum atomic E-state index is 0.348. The van der Waals surface area contributed by atoms with Crippen molar-refractivity contribution in [3.05, 3.63) is 30.4 Å². The molecule has 6 heterocycles. The maximum absolute atomic E-state index is 5.56. The summed E-state index contributed by atoms with van der Waals surface area (Å²) in [5, 5.41) is 7.57. The second-order valence-electron chi connectivity index (χ2n) is 7.51. The molecular weight excluding hydrogens is 370 g/mol. The van der Waals surface area contributed by atoms with Crippen LogP contribution in [0.3, 0.4) is 0 Å². The van der Waals surface area contributed by atoms with Crippen molar-refractivity contribution in [2.45, 2.75) is 25.8 Å². The summed E-state index contributed by atoms with van der Waals surface area (Å²) in [6, 6.07) is 2.34. The first-order valence-corrected chi connectivity index (χ1v) is 9.91. The number of aryl methyl sites for hydroxylation is 1. The first-order chi connectivity index (χ1) is 14.3. The standard InChI is InChI=1S/C19H21N9O/c1-12-8-16-22-11-23-27(16)10-14(12)24-18-21-9-15-17(25-18)28(13-2-6-29-7-3-13)19-20-4-5-26(15)19/h8-11,13H,2-7H2,1H3,(H,21,24,25). The Bertz CT molecular complexity index is 1120. The summed E-state index contributed by atoms with van der Waals surface area (Å²) in [6.07, 6.45) is 7.30. The molecule has 148 valence electrons. The molecule has 0 atom stereocenters. The summed E-state index contributed by atoms with van der Waals surface area (Å²) < 4.78 is 7.30. The Balaban J connectivity index is 1.37. The van der Waals surface area contributed by atoms with Gasteiger partial charge >= 0.3 is 0 Å². The molecule has 1 saturated heterocycles. The molecule has 6 rings (SSSR count). The lowest BCUT2D eigenvalue weighted by Gasteiger charge is -2.31. The zero-order chi connectivity index (χ0) is 19.4. The predicted octanol–water partition coefficient (Wildman–Crippen LogP) is 1.75. The molecule has 0 aliphatic carbocycles. The van der Waals surface area contributed by atoms with Crippen LogP contribution < -0.4 is 15.1 Å². The van der Waals surface area contributed by atoms with Gasteiger partial charge in [0.2, 0.25) is 11.9 Å². The number of fused-ring (bicyclic) bond motifs is 4. The highest BCUT2D eigenvalue weighted by atomic mass is 16.5. The summed E-state index contributed by atoms with van der Waals surface area (Å²) in [5.41, 5.74) is 3.80. The average Bonchev–Trinajstić information content (AvgIpc) is 3.44. The van der Waals surface area contributed by atoms with Crippen molar-refractivity contribution in [1.29, 1.82) is 0 Å². The summed E-state index contributed by atoms with van der Waals surface area (Å²) in [6.45, 7) is 5.27. The molecular formula is C19H21N9O. The highest BCUT2D eigenvalue weighted by molar-refractivity contribution is 6.16. The van der Waals surface area contributed by atoms with Gasteiger partial charge in [0.1, 0.15) is 12.0 Å². The SMILES string of the molecule is Cc1cc2ncnn2cc1Nc1ncc2c(n1)N(C1CCOCC1)C1=NCCN12. The number of guanidine groups is 1. The Morgan fingerprint density at radius 3 is 3.00 bits per heavy atom. The summed E-state index contributed by atoms with van der Waals surface area (Å²) in [7, 11) is 0. The minimum Gasteiger partial charge on any atom is -0.381 e. The maximum Gasteiger partial charge on any atom is 0.229 e. The fourth-order valence-corrected chi connectivity index (χ4v) is 4.25. The van der Waals surface area contributed by atoms with Crippen molar-refractivity contribution in [3.8, 4) is 0 Å². The van der Waals surface area contributed by atoms with Crippen molar-refractivity contribution in [2.75, 3.05) is 41.4 Å². The fourth-order valence-electron chi connectivity index (χ4n) is 4.25. The molecule has 0 saturated carbocycles. The molecule has 10 nitrogen and oxygen atoms in total. The zero-order valence-corrected chi connectivity index (χ0v) is 16.1. The number of aliphatic imine (C=N–C) groups is 1. The van der Waals surface area contributed by atoms with Gasteiger partial charge in [-0.3, -0.25) is 9.89 Å². The van der Waals surface area contributed by atoms with E-state index in [2.05, 4.69) is 30.2 Å². The second-order valence-corrected chi connectivity index (χ2v) is 7.51. The van der Waals surface area contributed by atoms with Gasteiger partial charge in [-0.2, -0.15) is 10.1 Å². The van der Waals surface area contributed by atoms with Gasteiger partial charge in [0.05, 0.1) is 24.6 Å². The van der Waals surface area contributed by atoms with Crippen LogP contribution in [0.15, 0.2) is 29.8 Å². The Kier molecular flexibility index (Phi) is 3.66. The van der Waals surface area contributed by atoms with Crippen LogP contribution in [0.1, 0.15) is 18.4 Å². The van der Waals surface area contributed by atoms with Gasteiger partial charge in [0.15, 0.2) is 11.5 Å². The molecule has 0 radical (unpaired) electrons. The minimum absolute atomic E-state index is 0.348. The number of anilines is 4. The van der Waals surface area contributed by atoms with E-state index in [1.807, 2.05) is 25.4 Å². The molecule has 3 aromatic heterocycles. The maximum atomic E-state index is 5.56. The van der Waals surface area contributed by atoms with Gasteiger partial charge in [0.25, 0.3) is 0 Å². The van der Waals surface area contributed by atoms with Gasteiger partial charge in [-0.1, -0.05) is 0 Å². The largest absolute Gasteiger partial charge is 0.381 e. The number of hydrogen-bond donors (Lipinski definition) is 1. The second kappa shape index (κ2) is 6.38. The average molecular weight is 391 g/mol. The van der Waals surface area contributed by atoms with Crippen LogP contribution in [0.25, 0.3) is 5.65 Å². The molecule has 10 heteroatoms. The molecule has 3 aliphatic heterocycles. The number of ether oxygens (including phenoxy) is 1. The number of aromatic nitrogens is 5. The topological polar surface area (TPSA) is 96.1 Å². The molecule has 0 unspecified atom stereocenters. The molecule has 0 aromatic carbocycles. The van der Waals surface area contributed by atoms with E-state index < -0.39 is 0 Å². The third-order valence-electron chi connectivity index (χ3n) is 5.73. The highest BCUT2D eigenvalue weighted by Crippen LogP contribution is 2.40. The number of rotatable bonds is 3. The molecule has 1 N–H and O–H groups in total. The quantitative estimate of drug-likeness (QED) is 0.721. The smallest absolute Gasteiger partial charge is 0.229 e. The van der Waals surface area contributed by atoms with Gasteiger partial charge in [-0.05, 0) is 31.4 Å². The molecule has 0 spiro atoms. The lowest BCUT2D eigenvalue weighted by Crippen LogP contribution is -2.45. The fraction of sp³-hybridized carbons (Fsp3) is 0.421. The Morgan fingerprint density at radius 2 is 2.10 bits per heavy atom. The number of nitrogens with one attached hydrogen (secondary N) is 1.